The summed E-state index contributed by atoms with van der Waals surface area (Å²) < 4.78 is 13.2. The molecule has 1 aliphatic rings. The van der Waals surface area contributed by atoms with Gasteiger partial charge in [-0.15, -0.1) is 0 Å². The van der Waals surface area contributed by atoms with Crippen molar-refractivity contribution in [2.24, 2.45) is 0 Å². The summed E-state index contributed by atoms with van der Waals surface area (Å²) in [6.07, 6.45) is 4.52. The van der Waals surface area contributed by atoms with Crippen molar-refractivity contribution < 1.29 is 13.9 Å². The van der Waals surface area contributed by atoms with E-state index in [9.17, 15) is 4.79 Å². The fraction of sp³-hybridized carbons (Fsp3) is 0.316. The smallest absolute Gasteiger partial charge is 0.276 e. The molecule has 0 unspecified atom stereocenters. The third-order valence-corrected chi connectivity index (χ3v) is 4.45. The number of ether oxygens (including phenoxy) is 1. The van der Waals surface area contributed by atoms with Crippen molar-refractivity contribution in [2.45, 2.75) is 32.7 Å². The van der Waals surface area contributed by atoms with Crippen LogP contribution in [-0.2, 0) is 24.4 Å². The van der Waals surface area contributed by atoms with Gasteiger partial charge in [0.15, 0.2) is 12.1 Å². The summed E-state index contributed by atoms with van der Waals surface area (Å²) >= 11 is 0. The van der Waals surface area contributed by atoms with Crippen LogP contribution < -0.4 is 0 Å². The molecule has 3 aromatic heterocycles. The predicted molar refractivity (Wildman–Crippen MR) is 93.2 cm³/mol. The number of fused-ring (bicyclic) bond motifs is 1. The average Bonchev–Trinajstić information content (AvgIpc) is 3.28. The highest BCUT2D eigenvalue weighted by molar-refractivity contribution is 5.91. The van der Waals surface area contributed by atoms with Crippen molar-refractivity contribution in [3.8, 4) is 0 Å². The van der Waals surface area contributed by atoms with Crippen LogP contribution in [0.2, 0.25) is 0 Å². The number of pyridine rings is 1. The molecule has 0 bridgehead atoms. The molecule has 134 valence electrons. The lowest BCUT2D eigenvalue weighted by atomic mass is 10.3. The quantitative estimate of drug-likeness (QED) is 0.721. The van der Waals surface area contributed by atoms with Crippen molar-refractivity contribution in [2.75, 3.05) is 6.54 Å². The number of rotatable bonds is 4. The Kier molecular flexibility index (Phi) is 4.53. The first-order valence-electron chi connectivity index (χ1n) is 8.54. The van der Waals surface area contributed by atoms with Gasteiger partial charge in [0, 0.05) is 24.1 Å². The molecule has 4 rings (SSSR count). The van der Waals surface area contributed by atoms with E-state index in [4.69, 9.17) is 9.15 Å². The zero-order valence-corrected chi connectivity index (χ0v) is 14.5. The molecule has 0 N–H and O–H groups in total. The van der Waals surface area contributed by atoms with E-state index in [-0.39, 0.29) is 12.0 Å². The summed E-state index contributed by atoms with van der Waals surface area (Å²) in [6.45, 7) is 4.06. The Labute approximate surface area is 151 Å². The third-order valence-electron chi connectivity index (χ3n) is 4.45. The van der Waals surface area contributed by atoms with Crippen molar-refractivity contribution in [3.63, 3.8) is 0 Å². The maximum absolute atomic E-state index is 12.7. The minimum atomic E-state index is -0.157. The molecule has 0 fully saturated rings. The first kappa shape index (κ1) is 16.5. The lowest BCUT2D eigenvalue weighted by molar-refractivity contribution is 0.00905. The molecular weight excluding hydrogens is 332 g/mol. The number of carbonyl (C=O) groups excluding carboxylic acids is 1. The predicted octanol–water partition coefficient (Wildman–Crippen LogP) is 2.42. The van der Waals surface area contributed by atoms with E-state index in [2.05, 4.69) is 14.5 Å². The molecule has 0 aliphatic carbocycles. The number of hydrogen-bond donors (Lipinski definition) is 0. The Hall–Kier alpha value is -2.93. The zero-order valence-electron chi connectivity index (χ0n) is 14.5. The number of oxazole rings is 1. The lowest BCUT2D eigenvalue weighted by Crippen LogP contribution is -2.37. The summed E-state index contributed by atoms with van der Waals surface area (Å²) in [5.74, 6) is -0.157. The summed E-state index contributed by atoms with van der Waals surface area (Å²) in [5.41, 5.74) is 3.23. The first-order valence-corrected chi connectivity index (χ1v) is 8.54. The van der Waals surface area contributed by atoms with Gasteiger partial charge in [0.2, 0.25) is 0 Å². The summed E-state index contributed by atoms with van der Waals surface area (Å²) in [7, 11) is 0. The van der Waals surface area contributed by atoms with Gasteiger partial charge in [0.05, 0.1) is 31.5 Å². The van der Waals surface area contributed by atoms with E-state index in [1.807, 2.05) is 43.5 Å². The number of aryl methyl sites for hydroxylation is 1. The number of hydrogen-bond acceptors (Lipinski definition) is 5. The van der Waals surface area contributed by atoms with Crippen LogP contribution in [0.3, 0.4) is 0 Å². The van der Waals surface area contributed by atoms with Crippen LogP contribution in [0, 0.1) is 6.92 Å². The van der Waals surface area contributed by atoms with E-state index in [1.54, 1.807) is 4.90 Å². The van der Waals surface area contributed by atoms with Gasteiger partial charge in [-0.3, -0.25) is 9.78 Å². The molecular formula is C19H20N4O3. The van der Waals surface area contributed by atoms with Crippen molar-refractivity contribution >= 4 is 5.91 Å². The summed E-state index contributed by atoms with van der Waals surface area (Å²) in [4.78, 5) is 22.9. The highest BCUT2D eigenvalue weighted by Gasteiger charge is 2.27. The van der Waals surface area contributed by atoms with E-state index < -0.39 is 0 Å². The van der Waals surface area contributed by atoms with Crippen LogP contribution in [0.5, 0.6) is 0 Å². The van der Waals surface area contributed by atoms with Crippen LogP contribution in [-0.4, -0.2) is 38.0 Å². The van der Waals surface area contributed by atoms with Crippen molar-refractivity contribution in [1.82, 2.24) is 19.4 Å². The molecule has 0 aromatic carbocycles. The largest absolute Gasteiger partial charge is 0.451 e. The van der Waals surface area contributed by atoms with E-state index in [1.165, 1.54) is 12.7 Å². The highest BCUT2D eigenvalue weighted by atomic mass is 16.5. The monoisotopic (exact) mass is 352 g/mol. The van der Waals surface area contributed by atoms with Crippen molar-refractivity contribution in [3.05, 3.63) is 72.0 Å². The van der Waals surface area contributed by atoms with Crippen LogP contribution in [0.25, 0.3) is 0 Å². The van der Waals surface area contributed by atoms with Crippen LogP contribution in [0.1, 0.15) is 27.6 Å². The van der Waals surface area contributed by atoms with Gasteiger partial charge in [0.25, 0.3) is 5.91 Å². The van der Waals surface area contributed by atoms with Gasteiger partial charge < -0.3 is 18.6 Å². The minimum absolute atomic E-state index is 0.137. The van der Waals surface area contributed by atoms with Gasteiger partial charge in [-0.2, -0.15) is 0 Å². The van der Waals surface area contributed by atoms with E-state index in [0.717, 1.165) is 17.1 Å². The third kappa shape index (κ3) is 3.52. The van der Waals surface area contributed by atoms with Crippen LogP contribution >= 0.6 is 0 Å². The van der Waals surface area contributed by atoms with Gasteiger partial charge >= 0.3 is 0 Å². The average molecular weight is 352 g/mol. The Morgan fingerprint density at radius 1 is 1.31 bits per heavy atom. The van der Waals surface area contributed by atoms with Gasteiger partial charge in [-0.1, -0.05) is 6.07 Å². The van der Waals surface area contributed by atoms with E-state index in [0.29, 0.717) is 31.9 Å². The van der Waals surface area contributed by atoms with Crippen LogP contribution in [0.15, 0.2) is 53.6 Å². The molecule has 0 radical (unpaired) electrons. The fourth-order valence-corrected chi connectivity index (χ4v) is 3.18. The Morgan fingerprint density at radius 3 is 3.04 bits per heavy atom. The zero-order chi connectivity index (χ0) is 17.9. The van der Waals surface area contributed by atoms with E-state index >= 15 is 0 Å². The SMILES string of the molecule is Cc1cccc(CO[C@@H]2CN(C(=O)c3cocn3)Cc3cccn3C2)n1. The van der Waals surface area contributed by atoms with Gasteiger partial charge in [0.1, 0.15) is 6.26 Å². The Morgan fingerprint density at radius 2 is 2.23 bits per heavy atom. The standard InChI is InChI=1S/C19H20N4O3/c1-14-4-2-5-15(21-14)11-26-17-9-22-7-3-6-16(22)8-23(10-17)19(24)18-12-25-13-20-18/h2-7,12-13,17H,8-11H2,1H3/t17-/m0/s1. The lowest BCUT2D eigenvalue weighted by Gasteiger charge is -2.23. The summed E-state index contributed by atoms with van der Waals surface area (Å²) in [5, 5.41) is 0. The number of amides is 1. The maximum atomic E-state index is 12.7. The molecule has 4 heterocycles. The molecule has 0 saturated heterocycles. The number of nitrogens with zero attached hydrogens (tertiary/aromatic N) is 4. The molecule has 0 saturated carbocycles. The molecule has 0 spiro atoms. The molecule has 7 nitrogen and oxygen atoms in total. The second-order valence-electron chi connectivity index (χ2n) is 6.41. The fourth-order valence-electron chi connectivity index (χ4n) is 3.18. The summed E-state index contributed by atoms with van der Waals surface area (Å²) in [6, 6.07) is 9.88. The Bertz CT molecular complexity index is 888. The maximum Gasteiger partial charge on any atom is 0.276 e. The molecule has 26 heavy (non-hydrogen) atoms. The number of aromatic nitrogens is 3. The van der Waals surface area contributed by atoms with Gasteiger partial charge in [-0.05, 0) is 31.2 Å². The minimum Gasteiger partial charge on any atom is -0.451 e. The normalized spacial score (nSPS) is 17.0. The van der Waals surface area contributed by atoms with Crippen molar-refractivity contribution in [1.29, 1.82) is 0 Å². The highest BCUT2D eigenvalue weighted by Crippen LogP contribution is 2.18. The second kappa shape index (κ2) is 7.13. The molecule has 1 aliphatic heterocycles. The molecule has 1 atom stereocenters. The Balaban J connectivity index is 1.51. The topological polar surface area (TPSA) is 73.4 Å². The first-order chi connectivity index (χ1) is 12.7. The number of carbonyl (C=O) groups is 1. The molecule has 7 heteroatoms. The molecule has 3 aromatic rings. The van der Waals surface area contributed by atoms with Gasteiger partial charge in [-0.25, -0.2) is 4.98 Å². The molecule has 1 amide bonds. The second-order valence-corrected chi connectivity index (χ2v) is 6.41. The van der Waals surface area contributed by atoms with Crippen LogP contribution in [0.4, 0.5) is 0 Å².